The second kappa shape index (κ2) is 6.33. The molecule has 1 saturated heterocycles. The molecule has 1 amide bonds. The van der Waals surface area contributed by atoms with Crippen molar-refractivity contribution in [1.82, 2.24) is 5.32 Å². The molecule has 0 aliphatic carbocycles. The number of non-ortho nitro benzene ring substituents is 1. The molecule has 0 radical (unpaired) electrons. The van der Waals surface area contributed by atoms with Crippen molar-refractivity contribution in [2.75, 3.05) is 25.5 Å². The van der Waals surface area contributed by atoms with Crippen LogP contribution in [0.4, 0.5) is 11.4 Å². The number of carbonyl (C=O) groups excluding carboxylic acids is 1. The van der Waals surface area contributed by atoms with Crippen LogP contribution in [0.25, 0.3) is 0 Å². The number of anilines is 1. The molecule has 1 unspecified atom stereocenters. The van der Waals surface area contributed by atoms with Crippen LogP contribution >= 0.6 is 0 Å². The smallest absolute Gasteiger partial charge is 0.273 e. The third-order valence-electron chi connectivity index (χ3n) is 3.32. The van der Waals surface area contributed by atoms with E-state index in [1.807, 2.05) is 0 Å². The van der Waals surface area contributed by atoms with Crippen LogP contribution in [-0.4, -0.2) is 31.0 Å². The third kappa shape index (κ3) is 3.24. The quantitative estimate of drug-likeness (QED) is 0.644. The highest BCUT2D eigenvalue weighted by atomic mass is 16.6. The van der Waals surface area contributed by atoms with E-state index in [0.29, 0.717) is 12.2 Å². The molecule has 7 nitrogen and oxygen atoms in total. The Balaban J connectivity index is 2.11. The summed E-state index contributed by atoms with van der Waals surface area (Å²) in [6.07, 6.45) is 1.81. The molecule has 0 spiro atoms. The van der Waals surface area contributed by atoms with E-state index in [1.165, 1.54) is 25.3 Å². The molecule has 1 aliphatic heterocycles. The van der Waals surface area contributed by atoms with Gasteiger partial charge in [0.05, 0.1) is 29.7 Å². The Kier molecular flexibility index (Phi) is 4.52. The highest BCUT2D eigenvalue weighted by Crippen LogP contribution is 2.29. The van der Waals surface area contributed by atoms with E-state index in [9.17, 15) is 14.9 Å². The minimum atomic E-state index is -0.501. The van der Waals surface area contributed by atoms with Gasteiger partial charge in [-0.1, -0.05) is 0 Å². The van der Waals surface area contributed by atoms with Gasteiger partial charge in [0.2, 0.25) is 5.91 Å². The fourth-order valence-electron chi connectivity index (χ4n) is 2.21. The number of methoxy groups -OCH3 is 1. The highest BCUT2D eigenvalue weighted by molar-refractivity contribution is 5.94. The van der Waals surface area contributed by atoms with Gasteiger partial charge in [0.25, 0.3) is 5.69 Å². The van der Waals surface area contributed by atoms with Gasteiger partial charge in [-0.15, -0.1) is 0 Å². The summed E-state index contributed by atoms with van der Waals surface area (Å²) in [5.41, 5.74) is 0.382. The first-order valence-electron chi connectivity index (χ1n) is 6.46. The monoisotopic (exact) mass is 279 g/mol. The summed E-state index contributed by atoms with van der Waals surface area (Å²) in [5, 5.41) is 16.6. The second-order valence-electron chi connectivity index (χ2n) is 4.67. The fourth-order valence-corrected chi connectivity index (χ4v) is 2.21. The van der Waals surface area contributed by atoms with Crippen molar-refractivity contribution in [2.45, 2.75) is 12.8 Å². The summed E-state index contributed by atoms with van der Waals surface area (Å²) < 4.78 is 5.09. The zero-order valence-corrected chi connectivity index (χ0v) is 11.2. The van der Waals surface area contributed by atoms with Crippen molar-refractivity contribution in [3.8, 4) is 5.75 Å². The average molecular weight is 279 g/mol. The molecule has 2 rings (SSSR count). The van der Waals surface area contributed by atoms with Gasteiger partial charge in [0.1, 0.15) is 5.75 Å². The molecule has 1 aromatic carbocycles. The first-order chi connectivity index (χ1) is 9.61. The van der Waals surface area contributed by atoms with Crippen LogP contribution in [-0.2, 0) is 4.79 Å². The zero-order valence-electron chi connectivity index (χ0n) is 11.2. The minimum absolute atomic E-state index is 0.0702. The lowest BCUT2D eigenvalue weighted by Gasteiger charge is -2.22. The lowest BCUT2D eigenvalue weighted by molar-refractivity contribution is -0.384. The maximum atomic E-state index is 12.1. The molecule has 1 heterocycles. The van der Waals surface area contributed by atoms with Crippen molar-refractivity contribution in [2.24, 2.45) is 5.92 Å². The Labute approximate surface area is 116 Å². The van der Waals surface area contributed by atoms with Crippen molar-refractivity contribution >= 4 is 17.3 Å². The summed E-state index contributed by atoms with van der Waals surface area (Å²) in [4.78, 5) is 22.3. The lowest BCUT2D eigenvalue weighted by atomic mass is 9.99. The number of nitrogens with zero attached hydrogens (tertiary/aromatic N) is 1. The van der Waals surface area contributed by atoms with E-state index in [4.69, 9.17) is 4.74 Å². The number of rotatable bonds is 4. The van der Waals surface area contributed by atoms with E-state index >= 15 is 0 Å². The Bertz CT molecular complexity index is 512. The Morgan fingerprint density at radius 2 is 2.35 bits per heavy atom. The average Bonchev–Trinajstić information content (AvgIpc) is 2.48. The van der Waals surface area contributed by atoms with Crippen LogP contribution < -0.4 is 15.4 Å². The maximum absolute atomic E-state index is 12.1. The van der Waals surface area contributed by atoms with E-state index in [2.05, 4.69) is 10.6 Å². The van der Waals surface area contributed by atoms with Gasteiger partial charge < -0.3 is 15.4 Å². The summed E-state index contributed by atoms with van der Waals surface area (Å²) in [6, 6.07) is 4.14. The number of nitrogens with one attached hydrogen (secondary N) is 2. The number of hydrogen-bond donors (Lipinski definition) is 2. The molecule has 1 aromatic rings. The first-order valence-corrected chi connectivity index (χ1v) is 6.46. The van der Waals surface area contributed by atoms with E-state index in [-0.39, 0.29) is 23.3 Å². The molecule has 0 bridgehead atoms. The predicted octanol–water partition coefficient (Wildman–Crippen LogP) is 1.54. The number of nitro benzene ring substituents is 1. The zero-order chi connectivity index (χ0) is 14.5. The fraction of sp³-hybridized carbons (Fsp3) is 0.462. The van der Waals surface area contributed by atoms with Gasteiger partial charge in [-0.25, -0.2) is 0 Å². The molecule has 2 N–H and O–H groups in total. The number of nitro groups is 1. The van der Waals surface area contributed by atoms with Crippen LogP contribution in [0.3, 0.4) is 0 Å². The van der Waals surface area contributed by atoms with Crippen molar-refractivity contribution in [1.29, 1.82) is 0 Å². The van der Waals surface area contributed by atoms with Crippen LogP contribution in [0.1, 0.15) is 12.8 Å². The topological polar surface area (TPSA) is 93.5 Å². The van der Waals surface area contributed by atoms with Gasteiger partial charge in [-0.05, 0) is 25.5 Å². The standard InChI is InChI=1S/C13H17N3O4/c1-20-12-7-10(16(18)19)4-5-11(12)15-13(17)9-3-2-6-14-8-9/h4-5,7,9,14H,2-3,6,8H2,1H3,(H,15,17). The normalized spacial score (nSPS) is 18.4. The van der Waals surface area contributed by atoms with E-state index in [0.717, 1.165) is 19.4 Å². The number of hydrogen-bond acceptors (Lipinski definition) is 5. The molecule has 1 fully saturated rings. The summed E-state index contributed by atoms with van der Waals surface area (Å²) in [5.74, 6) is 0.115. The number of carbonyl (C=O) groups is 1. The summed E-state index contributed by atoms with van der Waals surface area (Å²) in [7, 11) is 1.41. The van der Waals surface area contributed by atoms with Gasteiger partial charge in [0, 0.05) is 12.6 Å². The number of piperidine rings is 1. The molecule has 108 valence electrons. The first kappa shape index (κ1) is 14.3. The van der Waals surface area contributed by atoms with Gasteiger partial charge in [-0.3, -0.25) is 14.9 Å². The van der Waals surface area contributed by atoms with Crippen LogP contribution in [0.15, 0.2) is 18.2 Å². The molecule has 0 saturated carbocycles. The van der Waals surface area contributed by atoms with Crippen LogP contribution in [0.2, 0.25) is 0 Å². The minimum Gasteiger partial charge on any atom is -0.494 e. The van der Waals surface area contributed by atoms with E-state index in [1.54, 1.807) is 0 Å². The number of ether oxygens (including phenoxy) is 1. The van der Waals surface area contributed by atoms with E-state index < -0.39 is 4.92 Å². The molecule has 1 atom stereocenters. The highest BCUT2D eigenvalue weighted by Gasteiger charge is 2.22. The molecular weight excluding hydrogens is 262 g/mol. The summed E-state index contributed by atoms with van der Waals surface area (Å²) in [6.45, 7) is 1.59. The van der Waals surface area contributed by atoms with Crippen molar-refractivity contribution in [3.63, 3.8) is 0 Å². The number of benzene rings is 1. The van der Waals surface area contributed by atoms with Gasteiger partial charge in [0.15, 0.2) is 0 Å². The Morgan fingerprint density at radius 3 is 2.95 bits per heavy atom. The molecule has 0 aromatic heterocycles. The molecule has 1 aliphatic rings. The Morgan fingerprint density at radius 1 is 1.55 bits per heavy atom. The second-order valence-corrected chi connectivity index (χ2v) is 4.67. The predicted molar refractivity (Wildman–Crippen MR) is 73.9 cm³/mol. The largest absolute Gasteiger partial charge is 0.494 e. The van der Waals surface area contributed by atoms with Gasteiger partial charge >= 0.3 is 0 Å². The summed E-state index contributed by atoms with van der Waals surface area (Å²) >= 11 is 0. The lowest BCUT2D eigenvalue weighted by Crippen LogP contribution is -2.37. The maximum Gasteiger partial charge on any atom is 0.273 e. The van der Waals surface area contributed by atoms with Crippen molar-refractivity contribution in [3.05, 3.63) is 28.3 Å². The van der Waals surface area contributed by atoms with Crippen molar-refractivity contribution < 1.29 is 14.5 Å². The molecule has 20 heavy (non-hydrogen) atoms. The molecule has 7 heteroatoms. The van der Waals surface area contributed by atoms with Gasteiger partial charge in [-0.2, -0.15) is 0 Å². The SMILES string of the molecule is COc1cc([N+](=O)[O-])ccc1NC(=O)C1CCCNC1. The Hall–Kier alpha value is -2.15. The van der Waals surface area contributed by atoms with Crippen LogP contribution in [0.5, 0.6) is 5.75 Å². The molecular formula is C13H17N3O4. The third-order valence-corrected chi connectivity index (χ3v) is 3.32. The van der Waals surface area contributed by atoms with Crippen LogP contribution in [0, 0.1) is 16.0 Å². The number of amides is 1.